The lowest BCUT2D eigenvalue weighted by Gasteiger charge is -2.21. The van der Waals surface area contributed by atoms with E-state index in [1.54, 1.807) is 28.6 Å². The topological polar surface area (TPSA) is 72.1 Å². The zero-order valence-electron chi connectivity index (χ0n) is 12.4. The molecule has 2 atom stereocenters. The summed E-state index contributed by atoms with van der Waals surface area (Å²) in [4.78, 5) is 23.6. The number of rotatable bonds is 3. The fraction of sp³-hybridized carbons (Fsp3) is 0.250. The Hall–Kier alpha value is -2.54. The van der Waals surface area contributed by atoms with Crippen molar-refractivity contribution < 1.29 is 9.32 Å². The van der Waals surface area contributed by atoms with Crippen LogP contribution in [-0.2, 0) is 4.79 Å². The zero-order valence-corrected chi connectivity index (χ0v) is 13.2. The van der Waals surface area contributed by atoms with Gasteiger partial charge in [-0.15, -0.1) is 11.3 Å². The van der Waals surface area contributed by atoms with Crippen LogP contribution in [0.4, 0.5) is 0 Å². The van der Waals surface area contributed by atoms with Gasteiger partial charge in [0.1, 0.15) is 0 Å². The Morgan fingerprint density at radius 1 is 1.35 bits per heavy atom. The number of hydrogen-bond donors (Lipinski definition) is 0. The smallest absolute Gasteiger partial charge is 0.233 e. The highest BCUT2D eigenvalue weighted by molar-refractivity contribution is 7.10. The lowest BCUT2D eigenvalue weighted by Crippen LogP contribution is -2.23. The molecule has 0 aromatic carbocycles. The second kappa shape index (κ2) is 5.58. The van der Waals surface area contributed by atoms with Crippen molar-refractivity contribution in [1.29, 1.82) is 0 Å². The van der Waals surface area contributed by atoms with E-state index in [0.717, 1.165) is 10.4 Å². The van der Waals surface area contributed by atoms with Crippen molar-refractivity contribution in [3.63, 3.8) is 0 Å². The molecule has 1 aliphatic heterocycles. The minimum Gasteiger partial charge on any atom is -0.339 e. The van der Waals surface area contributed by atoms with E-state index in [4.69, 9.17) is 4.52 Å². The number of carbonyl (C=O) groups excluding carboxylic acids is 1. The second-order valence-electron chi connectivity index (χ2n) is 5.47. The summed E-state index contributed by atoms with van der Waals surface area (Å²) in [6.07, 6.45) is 3.77. The van der Waals surface area contributed by atoms with Crippen LogP contribution in [0, 0.1) is 0 Å². The Labute approximate surface area is 136 Å². The number of pyridine rings is 1. The molecule has 7 heteroatoms. The molecule has 0 saturated carbocycles. The molecule has 0 unspecified atom stereocenters. The highest BCUT2D eigenvalue weighted by atomic mass is 32.1. The first-order valence-corrected chi connectivity index (χ1v) is 8.15. The zero-order chi connectivity index (χ0) is 15.8. The first kappa shape index (κ1) is 14.1. The van der Waals surface area contributed by atoms with Crippen molar-refractivity contribution in [2.24, 2.45) is 0 Å². The van der Waals surface area contributed by atoms with Crippen LogP contribution >= 0.6 is 11.3 Å². The van der Waals surface area contributed by atoms with Gasteiger partial charge in [-0.3, -0.25) is 9.78 Å². The minimum atomic E-state index is -0.121. The van der Waals surface area contributed by atoms with Crippen molar-refractivity contribution in [2.45, 2.75) is 18.4 Å². The Morgan fingerprint density at radius 3 is 3.00 bits per heavy atom. The summed E-state index contributed by atoms with van der Waals surface area (Å²) in [5, 5.41) is 6.06. The lowest BCUT2D eigenvalue weighted by atomic mass is 9.99. The number of likely N-dealkylation sites (N-methyl/N-ethyl adjacent to an activating group) is 1. The molecule has 6 nitrogen and oxygen atoms in total. The summed E-state index contributed by atoms with van der Waals surface area (Å²) in [7, 11) is 1.82. The predicted octanol–water partition coefficient (Wildman–Crippen LogP) is 2.88. The third-order valence-corrected chi connectivity index (χ3v) is 5.04. The predicted molar refractivity (Wildman–Crippen MR) is 84.7 cm³/mol. The SMILES string of the molecule is CN1C(=O)C[C@@H](c2nc(-c3cccnc3)no2)[C@H]1c1cccs1. The summed E-state index contributed by atoms with van der Waals surface area (Å²) < 4.78 is 5.46. The van der Waals surface area contributed by atoms with Crippen LogP contribution in [0.3, 0.4) is 0 Å². The molecule has 4 rings (SSSR count). The number of likely N-dealkylation sites (tertiary alicyclic amines) is 1. The average Bonchev–Trinajstić information content (AvgIpc) is 3.30. The van der Waals surface area contributed by atoms with Gasteiger partial charge in [0.2, 0.25) is 17.6 Å². The molecule has 4 heterocycles. The van der Waals surface area contributed by atoms with E-state index in [0.29, 0.717) is 18.1 Å². The summed E-state index contributed by atoms with van der Waals surface area (Å²) in [6, 6.07) is 7.68. The minimum absolute atomic E-state index is 0.0512. The van der Waals surface area contributed by atoms with Gasteiger partial charge in [0.15, 0.2) is 0 Å². The molecule has 0 bridgehead atoms. The number of hydrogen-bond acceptors (Lipinski definition) is 6. The Morgan fingerprint density at radius 2 is 2.26 bits per heavy atom. The van der Waals surface area contributed by atoms with E-state index in [1.807, 2.05) is 36.7 Å². The van der Waals surface area contributed by atoms with Crippen molar-refractivity contribution in [2.75, 3.05) is 7.05 Å². The molecule has 0 spiro atoms. The van der Waals surface area contributed by atoms with Crippen molar-refractivity contribution in [1.82, 2.24) is 20.0 Å². The summed E-state index contributed by atoms with van der Waals surface area (Å²) >= 11 is 1.63. The summed E-state index contributed by atoms with van der Waals surface area (Å²) in [5.41, 5.74) is 0.799. The van der Waals surface area contributed by atoms with Gasteiger partial charge in [-0.1, -0.05) is 11.2 Å². The maximum atomic E-state index is 12.2. The molecule has 1 aliphatic rings. The third kappa shape index (κ3) is 2.43. The normalized spacial score (nSPS) is 21.1. The highest BCUT2D eigenvalue weighted by Crippen LogP contribution is 2.44. The molecule has 23 heavy (non-hydrogen) atoms. The van der Waals surface area contributed by atoms with E-state index in [1.165, 1.54) is 0 Å². The molecule has 1 saturated heterocycles. The molecule has 3 aromatic rings. The standard InChI is InChI=1S/C16H14N4O2S/c1-20-13(21)8-11(14(20)12-5-3-7-23-12)16-18-15(19-22-16)10-4-2-6-17-9-10/h2-7,9,11,14H,8H2,1H3/t11-,14+/m1/s1. The van der Waals surface area contributed by atoms with Crippen LogP contribution in [0.25, 0.3) is 11.4 Å². The molecule has 3 aromatic heterocycles. The summed E-state index contributed by atoms with van der Waals surface area (Å²) in [5.74, 6) is 0.971. The lowest BCUT2D eigenvalue weighted by molar-refractivity contribution is -0.127. The Balaban J connectivity index is 1.69. The fourth-order valence-electron chi connectivity index (χ4n) is 2.94. The number of carbonyl (C=O) groups is 1. The molecule has 0 aliphatic carbocycles. The molecular formula is C16H14N4O2S. The van der Waals surface area contributed by atoms with E-state index >= 15 is 0 Å². The van der Waals surface area contributed by atoms with Gasteiger partial charge >= 0.3 is 0 Å². The molecule has 0 radical (unpaired) electrons. The highest BCUT2D eigenvalue weighted by Gasteiger charge is 2.43. The molecule has 1 fully saturated rings. The number of thiophene rings is 1. The molecule has 1 amide bonds. The fourth-order valence-corrected chi connectivity index (χ4v) is 3.87. The van der Waals surface area contributed by atoms with E-state index in [-0.39, 0.29) is 17.9 Å². The van der Waals surface area contributed by atoms with E-state index < -0.39 is 0 Å². The van der Waals surface area contributed by atoms with Gasteiger partial charge in [-0.05, 0) is 23.6 Å². The first-order valence-electron chi connectivity index (χ1n) is 7.27. The first-order chi connectivity index (χ1) is 11.2. The van der Waals surface area contributed by atoms with Crippen molar-refractivity contribution in [3.05, 3.63) is 52.8 Å². The molecule has 0 N–H and O–H groups in total. The van der Waals surface area contributed by atoms with Gasteiger partial charge in [0, 0.05) is 36.3 Å². The number of nitrogens with zero attached hydrogens (tertiary/aromatic N) is 4. The van der Waals surface area contributed by atoms with Crippen LogP contribution in [0.2, 0.25) is 0 Å². The van der Waals surface area contributed by atoms with E-state index in [2.05, 4.69) is 15.1 Å². The maximum absolute atomic E-state index is 12.2. The Bertz CT molecular complexity index is 816. The third-order valence-electron chi connectivity index (χ3n) is 4.10. The Kier molecular flexibility index (Phi) is 3.42. The monoisotopic (exact) mass is 326 g/mol. The van der Waals surface area contributed by atoms with Crippen LogP contribution < -0.4 is 0 Å². The summed E-state index contributed by atoms with van der Waals surface area (Å²) in [6.45, 7) is 0. The second-order valence-corrected chi connectivity index (χ2v) is 6.45. The average molecular weight is 326 g/mol. The van der Waals surface area contributed by atoms with Gasteiger partial charge < -0.3 is 9.42 Å². The van der Waals surface area contributed by atoms with Crippen molar-refractivity contribution >= 4 is 17.2 Å². The quantitative estimate of drug-likeness (QED) is 0.740. The van der Waals surface area contributed by atoms with Gasteiger partial charge in [-0.25, -0.2) is 0 Å². The van der Waals surface area contributed by atoms with Gasteiger partial charge in [-0.2, -0.15) is 4.98 Å². The van der Waals surface area contributed by atoms with E-state index in [9.17, 15) is 4.79 Å². The molecule has 116 valence electrons. The maximum Gasteiger partial charge on any atom is 0.233 e. The number of amides is 1. The van der Waals surface area contributed by atoms with Gasteiger partial charge in [0.25, 0.3) is 0 Å². The largest absolute Gasteiger partial charge is 0.339 e. The van der Waals surface area contributed by atoms with Crippen LogP contribution in [0.15, 0.2) is 46.6 Å². The van der Waals surface area contributed by atoms with Crippen LogP contribution in [-0.4, -0.2) is 33.0 Å². The van der Waals surface area contributed by atoms with Gasteiger partial charge in [0.05, 0.1) is 12.0 Å². The van der Waals surface area contributed by atoms with Crippen LogP contribution in [0.5, 0.6) is 0 Å². The molecular weight excluding hydrogens is 312 g/mol. The van der Waals surface area contributed by atoms with Crippen LogP contribution in [0.1, 0.15) is 29.1 Å². The number of aromatic nitrogens is 3. The van der Waals surface area contributed by atoms with Crippen molar-refractivity contribution in [3.8, 4) is 11.4 Å².